The minimum Gasteiger partial charge on any atom is -0.459 e. The van der Waals surface area contributed by atoms with Gasteiger partial charge >= 0.3 is 18.1 Å². The molecule has 0 saturated heterocycles. The standard InChI is InChI=1S/C8H9F6O2/c1-2-3-5(15)16-4-7(10,11)6(9)8(12,13)14/h2,6H,3-4H2,1H3. The van der Waals surface area contributed by atoms with Crippen molar-refractivity contribution < 1.29 is 35.9 Å². The van der Waals surface area contributed by atoms with E-state index in [1.165, 1.54) is 13.3 Å². The highest BCUT2D eigenvalue weighted by molar-refractivity contribution is 5.70. The van der Waals surface area contributed by atoms with Gasteiger partial charge in [0.2, 0.25) is 0 Å². The first-order valence-electron chi connectivity index (χ1n) is 4.13. The predicted molar refractivity (Wildman–Crippen MR) is 41.4 cm³/mol. The van der Waals surface area contributed by atoms with Gasteiger partial charge in [0.15, 0.2) is 6.61 Å². The highest BCUT2D eigenvalue weighted by Gasteiger charge is 2.57. The van der Waals surface area contributed by atoms with E-state index in [1.54, 1.807) is 0 Å². The monoisotopic (exact) mass is 251 g/mol. The zero-order valence-corrected chi connectivity index (χ0v) is 8.15. The Morgan fingerprint density at radius 2 is 1.81 bits per heavy atom. The average molecular weight is 251 g/mol. The number of ether oxygens (including phenoxy) is 1. The van der Waals surface area contributed by atoms with Gasteiger partial charge in [0.05, 0.1) is 0 Å². The number of carbonyl (C=O) groups excluding carboxylic acids is 1. The van der Waals surface area contributed by atoms with Gasteiger partial charge < -0.3 is 4.74 Å². The normalized spacial score (nSPS) is 14.7. The van der Waals surface area contributed by atoms with Crippen molar-refractivity contribution in [1.29, 1.82) is 0 Å². The molecular weight excluding hydrogens is 242 g/mol. The minimum atomic E-state index is -5.69. The Morgan fingerprint density at radius 1 is 1.31 bits per heavy atom. The van der Waals surface area contributed by atoms with Gasteiger partial charge in [-0.25, -0.2) is 4.39 Å². The van der Waals surface area contributed by atoms with Crippen LogP contribution in [0.5, 0.6) is 0 Å². The van der Waals surface area contributed by atoms with Crippen molar-refractivity contribution in [1.82, 2.24) is 0 Å². The van der Waals surface area contributed by atoms with E-state index in [0.717, 1.165) is 0 Å². The van der Waals surface area contributed by atoms with Crippen molar-refractivity contribution in [3.8, 4) is 0 Å². The molecule has 0 amide bonds. The Bertz CT molecular complexity index is 237. The largest absolute Gasteiger partial charge is 0.459 e. The maximum Gasteiger partial charge on any atom is 0.425 e. The van der Waals surface area contributed by atoms with Crippen molar-refractivity contribution in [3.05, 3.63) is 6.42 Å². The van der Waals surface area contributed by atoms with Crippen molar-refractivity contribution >= 4 is 5.97 Å². The average Bonchev–Trinajstić information content (AvgIpc) is 2.13. The molecule has 2 nitrogen and oxygen atoms in total. The number of carbonyl (C=O) groups is 1. The van der Waals surface area contributed by atoms with E-state index in [-0.39, 0.29) is 6.42 Å². The molecule has 0 aromatic rings. The first-order chi connectivity index (χ1) is 7.11. The summed E-state index contributed by atoms with van der Waals surface area (Å²) in [4.78, 5) is 10.6. The molecule has 0 saturated carbocycles. The third-order valence-electron chi connectivity index (χ3n) is 1.45. The van der Waals surface area contributed by atoms with Crippen LogP contribution in [0.2, 0.25) is 0 Å². The zero-order chi connectivity index (χ0) is 13.0. The molecule has 8 heteroatoms. The highest BCUT2D eigenvalue weighted by atomic mass is 19.4. The molecule has 16 heavy (non-hydrogen) atoms. The molecule has 0 aromatic heterocycles. The van der Waals surface area contributed by atoms with Gasteiger partial charge in [-0.15, -0.1) is 0 Å². The van der Waals surface area contributed by atoms with Crippen LogP contribution in [0.3, 0.4) is 0 Å². The molecule has 0 aromatic carbocycles. The number of rotatable bonds is 5. The van der Waals surface area contributed by atoms with Gasteiger partial charge in [-0.2, -0.15) is 22.0 Å². The molecule has 0 aliphatic carbocycles. The lowest BCUT2D eigenvalue weighted by molar-refractivity contribution is -0.254. The summed E-state index contributed by atoms with van der Waals surface area (Å²) in [5.74, 6) is -5.92. The molecule has 0 N–H and O–H groups in total. The molecule has 1 radical (unpaired) electrons. The van der Waals surface area contributed by atoms with Crippen molar-refractivity contribution in [3.63, 3.8) is 0 Å². The van der Waals surface area contributed by atoms with Gasteiger partial charge in [0.1, 0.15) is 0 Å². The van der Waals surface area contributed by atoms with Crippen LogP contribution in [0.25, 0.3) is 0 Å². The third-order valence-corrected chi connectivity index (χ3v) is 1.45. The van der Waals surface area contributed by atoms with Gasteiger partial charge in [0, 0.05) is 6.42 Å². The maximum absolute atomic E-state index is 12.5. The van der Waals surface area contributed by atoms with Gasteiger partial charge in [0.25, 0.3) is 6.17 Å². The van der Waals surface area contributed by atoms with Crippen LogP contribution in [0.15, 0.2) is 0 Å². The maximum atomic E-state index is 12.5. The Balaban J connectivity index is 4.30. The van der Waals surface area contributed by atoms with Crippen LogP contribution >= 0.6 is 0 Å². The first-order valence-corrected chi connectivity index (χ1v) is 4.13. The third kappa shape index (κ3) is 4.71. The summed E-state index contributed by atoms with van der Waals surface area (Å²) in [6, 6.07) is 0. The van der Waals surface area contributed by atoms with Gasteiger partial charge in [-0.3, -0.25) is 4.79 Å². The van der Waals surface area contributed by atoms with E-state index in [0.29, 0.717) is 0 Å². The van der Waals surface area contributed by atoms with Crippen LogP contribution in [0.4, 0.5) is 26.3 Å². The minimum absolute atomic E-state index is 0.334. The van der Waals surface area contributed by atoms with E-state index < -0.39 is 30.8 Å². The van der Waals surface area contributed by atoms with Gasteiger partial charge in [-0.1, -0.05) is 6.92 Å². The summed E-state index contributed by atoms with van der Waals surface area (Å²) in [6.07, 6.45) is -9.11. The number of esters is 1. The summed E-state index contributed by atoms with van der Waals surface area (Å²) in [5, 5.41) is 0. The van der Waals surface area contributed by atoms with Crippen LogP contribution in [-0.2, 0) is 9.53 Å². The van der Waals surface area contributed by atoms with Crippen LogP contribution in [0, 0.1) is 6.42 Å². The second-order valence-electron chi connectivity index (χ2n) is 2.94. The summed E-state index contributed by atoms with van der Waals surface area (Å²) in [5.41, 5.74) is 0. The fourth-order valence-corrected chi connectivity index (χ4v) is 0.715. The van der Waals surface area contributed by atoms with Crippen molar-refractivity contribution in [2.24, 2.45) is 0 Å². The molecule has 1 unspecified atom stereocenters. The summed E-state index contributed by atoms with van der Waals surface area (Å²) in [7, 11) is 0. The molecule has 0 bridgehead atoms. The molecular formula is C8H9F6O2. The molecule has 0 fully saturated rings. The molecule has 1 atom stereocenters. The van der Waals surface area contributed by atoms with E-state index in [2.05, 4.69) is 4.74 Å². The Labute approximate surface area is 87.6 Å². The summed E-state index contributed by atoms with van der Waals surface area (Å²) < 4.78 is 76.0. The number of hydrogen-bond acceptors (Lipinski definition) is 2. The van der Waals surface area contributed by atoms with E-state index in [4.69, 9.17) is 0 Å². The molecule has 0 spiro atoms. The van der Waals surface area contributed by atoms with Crippen LogP contribution in [-0.4, -0.2) is 30.8 Å². The number of hydrogen-bond donors (Lipinski definition) is 0. The van der Waals surface area contributed by atoms with Crippen molar-refractivity contribution in [2.45, 2.75) is 31.6 Å². The first kappa shape index (κ1) is 15.0. The Morgan fingerprint density at radius 3 is 2.19 bits per heavy atom. The lowest BCUT2D eigenvalue weighted by Gasteiger charge is -2.22. The topological polar surface area (TPSA) is 26.3 Å². The number of halogens is 6. The zero-order valence-electron chi connectivity index (χ0n) is 8.15. The van der Waals surface area contributed by atoms with E-state index >= 15 is 0 Å². The second kappa shape index (κ2) is 5.40. The SMILES string of the molecule is C[CH]CC(=O)OCC(F)(F)C(F)C(F)(F)F. The van der Waals surface area contributed by atoms with Crippen LogP contribution < -0.4 is 0 Å². The highest BCUT2D eigenvalue weighted by Crippen LogP contribution is 2.35. The van der Waals surface area contributed by atoms with E-state index in [1.807, 2.05) is 0 Å². The molecule has 0 heterocycles. The Kier molecular flexibility index (Phi) is 5.08. The summed E-state index contributed by atoms with van der Waals surface area (Å²) >= 11 is 0. The second-order valence-corrected chi connectivity index (χ2v) is 2.94. The van der Waals surface area contributed by atoms with Crippen molar-refractivity contribution in [2.75, 3.05) is 6.61 Å². The molecule has 0 aliphatic heterocycles. The molecule has 0 rings (SSSR count). The lowest BCUT2D eigenvalue weighted by Crippen LogP contribution is -2.45. The fourth-order valence-electron chi connectivity index (χ4n) is 0.715. The van der Waals surface area contributed by atoms with Crippen LogP contribution in [0.1, 0.15) is 13.3 Å². The fraction of sp³-hybridized carbons (Fsp3) is 0.750. The van der Waals surface area contributed by atoms with Gasteiger partial charge in [-0.05, 0) is 6.42 Å². The lowest BCUT2D eigenvalue weighted by atomic mass is 10.2. The van der Waals surface area contributed by atoms with E-state index in [9.17, 15) is 31.1 Å². The molecule has 0 aliphatic rings. The quantitative estimate of drug-likeness (QED) is 0.554. The predicted octanol–water partition coefficient (Wildman–Crippen LogP) is 2.68. The molecule has 95 valence electrons. The smallest absolute Gasteiger partial charge is 0.425 e. The number of alkyl halides is 6. The Hall–Kier alpha value is -0.950. The summed E-state index contributed by atoms with van der Waals surface area (Å²) in [6.45, 7) is -0.507.